The van der Waals surface area contributed by atoms with E-state index in [4.69, 9.17) is 18.9 Å². The van der Waals surface area contributed by atoms with E-state index in [1.54, 1.807) is 0 Å². The second kappa shape index (κ2) is 8.23. The predicted molar refractivity (Wildman–Crippen MR) is 108 cm³/mol. The van der Waals surface area contributed by atoms with Gasteiger partial charge in [0.15, 0.2) is 0 Å². The van der Waals surface area contributed by atoms with E-state index in [2.05, 4.69) is 33.4 Å². The molecule has 6 nitrogen and oxygen atoms in total. The minimum Gasteiger partial charge on any atom is -0.469 e. The fourth-order valence-corrected chi connectivity index (χ4v) is 4.52. The molecule has 0 bridgehead atoms. The molecule has 0 amide bonds. The molecule has 0 radical (unpaired) electrons. The molecule has 5 unspecified atom stereocenters. The second-order valence-electron chi connectivity index (χ2n) is 9.27. The lowest BCUT2D eigenvalue weighted by atomic mass is 9.77. The van der Waals surface area contributed by atoms with Crippen LogP contribution in [0.5, 0.6) is 0 Å². The summed E-state index contributed by atoms with van der Waals surface area (Å²) in [6, 6.07) is 0. The van der Waals surface area contributed by atoms with Crippen molar-refractivity contribution >= 4 is 11.9 Å². The summed E-state index contributed by atoms with van der Waals surface area (Å²) in [5.41, 5.74) is 1.52. The Balaban J connectivity index is 1.89. The molecule has 6 heteroatoms. The minimum absolute atomic E-state index is 0.130. The van der Waals surface area contributed by atoms with Crippen LogP contribution in [0, 0.1) is 11.8 Å². The number of carbonyl (C=O) groups is 2. The number of carbonyl (C=O) groups excluding carboxylic acids is 2. The van der Waals surface area contributed by atoms with Crippen molar-refractivity contribution < 1.29 is 28.5 Å². The molecule has 1 saturated carbocycles. The van der Waals surface area contributed by atoms with Crippen molar-refractivity contribution in [1.82, 2.24) is 0 Å². The summed E-state index contributed by atoms with van der Waals surface area (Å²) in [7, 11) is 1.41. The molecule has 0 spiro atoms. The normalized spacial score (nSPS) is 36.2. The van der Waals surface area contributed by atoms with Gasteiger partial charge in [0.05, 0.1) is 36.4 Å². The standard InChI is InChI=1S/C23H34O6/c1-14-7-9-19-23(5,29-19)12-11-17(20(14)21(25)26-6)16(13-27-15(2)24)8-10-18-22(3,4)28-18/h8,17-20H,1,7,9-13H2,2-6H3. The van der Waals surface area contributed by atoms with E-state index in [1.807, 2.05) is 0 Å². The lowest BCUT2D eigenvalue weighted by Gasteiger charge is -2.29. The van der Waals surface area contributed by atoms with Gasteiger partial charge < -0.3 is 18.9 Å². The zero-order chi connectivity index (χ0) is 21.4. The van der Waals surface area contributed by atoms with Crippen molar-refractivity contribution in [2.24, 2.45) is 11.8 Å². The van der Waals surface area contributed by atoms with Crippen LogP contribution in [0.4, 0.5) is 0 Å². The fourth-order valence-electron chi connectivity index (χ4n) is 4.52. The number of ether oxygens (including phenoxy) is 4. The van der Waals surface area contributed by atoms with Crippen LogP contribution in [0.25, 0.3) is 0 Å². The topological polar surface area (TPSA) is 77.7 Å². The van der Waals surface area contributed by atoms with Crippen molar-refractivity contribution in [2.75, 3.05) is 13.7 Å². The lowest BCUT2D eigenvalue weighted by molar-refractivity contribution is -0.145. The molecule has 2 aliphatic heterocycles. The first-order chi connectivity index (χ1) is 13.6. The van der Waals surface area contributed by atoms with Gasteiger partial charge in [0.1, 0.15) is 6.61 Å². The number of hydrogen-bond donors (Lipinski definition) is 0. The largest absolute Gasteiger partial charge is 0.469 e. The Labute approximate surface area is 173 Å². The zero-order valence-electron chi connectivity index (χ0n) is 18.3. The van der Waals surface area contributed by atoms with Crippen LogP contribution in [-0.4, -0.2) is 49.1 Å². The number of epoxide rings is 2. The van der Waals surface area contributed by atoms with Gasteiger partial charge in [0.25, 0.3) is 0 Å². The zero-order valence-corrected chi connectivity index (χ0v) is 18.3. The van der Waals surface area contributed by atoms with Gasteiger partial charge in [-0.05, 0) is 58.4 Å². The van der Waals surface area contributed by atoms with E-state index in [9.17, 15) is 9.59 Å². The molecule has 3 aliphatic rings. The SMILES string of the molecule is C=C1CCC2OC2(C)CCC(C(=CCC2OC2(C)C)COC(C)=O)C1C(=O)OC. The van der Waals surface area contributed by atoms with Crippen LogP contribution in [0.15, 0.2) is 23.8 Å². The van der Waals surface area contributed by atoms with Crippen molar-refractivity contribution in [2.45, 2.75) is 83.2 Å². The highest BCUT2D eigenvalue weighted by atomic mass is 16.6. The van der Waals surface area contributed by atoms with Crippen LogP contribution >= 0.6 is 0 Å². The Morgan fingerprint density at radius 1 is 1.24 bits per heavy atom. The van der Waals surface area contributed by atoms with E-state index in [1.165, 1.54) is 14.0 Å². The monoisotopic (exact) mass is 406 g/mol. The van der Waals surface area contributed by atoms with Gasteiger partial charge in [-0.15, -0.1) is 0 Å². The first kappa shape index (κ1) is 22.0. The summed E-state index contributed by atoms with van der Waals surface area (Å²) in [6.07, 6.45) is 6.33. The van der Waals surface area contributed by atoms with Crippen LogP contribution < -0.4 is 0 Å². The van der Waals surface area contributed by atoms with Crippen molar-refractivity contribution in [3.05, 3.63) is 23.8 Å². The molecule has 0 aromatic rings. The first-order valence-corrected chi connectivity index (χ1v) is 10.5. The number of fused-ring (bicyclic) bond motifs is 1. The minimum atomic E-state index is -0.448. The molecule has 29 heavy (non-hydrogen) atoms. The van der Waals surface area contributed by atoms with Gasteiger partial charge >= 0.3 is 11.9 Å². The summed E-state index contributed by atoms with van der Waals surface area (Å²) in [6.45, 7) is 12.0. The summed E-state index contributed by atoms with van der Waals surface area (Å²) in [5, 5.41) is 0. The molecule has 5 atom stereocenters. The second-order valence-corrected chi connectivity index (χ2v) is 9.27. The summed E-state index contributed by atoms with van der Waals surface area (Å²) >= 11 is 0. The number of methoxy groups -OCH3 is 1. The van der Waals surface area contributed by atoms with Crippen molar-refractivity contribution in [3.8, 4) is 0 Å². The third-order valence-electron chi connectivity index (χ3n) is 6.69. The highest BCUT2D eigenvalue weighted by Gasteiger charge is 2.53. The van der Waals surface area contributed by atoms with Crippen molar-refractivity contribution in [1.29, 1.82) is 0 Å². The van der Waals surface area contributed by atoms with Gasteiger partial charge in [-0.2, -0.15) is 0 Å². The number of esters is 2. The molecule has 3 fully saturated rings. The highest BCUT2D eigenvalue weighted by molar-refractivity contribution is 5.76. The molecule has 0 aromatic heterocycles. The molecule has 162 valence electrons. The number of hydrogen-bond acceptors (Lipinski definition) is 6. The van der Waals surface area contributed by atoms with E-state index < -0.39 is 5.92 Å². The quantitative estimate of drug-likeness (QED) is 0.380. The van der Waals surface area contributed by atoms with Crippen molar-refractivity contribution in [3.63, 3.8) is 0 Å². The smallest absolute Gasteiger partial charge is 0.313 e. The summed E-state index contributed by atoms with van der Waals surface area (Å²) in [4.78, 5) is 24.3. The Morgan fingerprint density at radius 3 is 2.52 bits per heavy atom. The molecule has 2 saturated heterocycles. The molecule has 1 aliphatic carbocycles. The van der Waals surface area contributed by atoms with Gasteiger partial charge in [-0.3, -0.25) is 9.59 Å². The third-order valence-corrected chi connectivity index (χ3v) is 6.69. The summed E-state index contributed by atoms with van der Waals surface area (Å²) < 4.78 is 22.1. The fraction of sp³-hybridized carbons (Fsp3) is 0.739. The van der Waals surface area contributed by atoms with Gasteiger partial charge in [-0.25, -0.2) is 0 Å². The molecular formula is C23H34O6. The molecule has 3 rings (SSSR count). The maximum Gasteiger partial charge on any atom is 0.313 e. The Bertz CT molecular complexity index is 708. The highest BCUT2D eigenvalue weighted by Crippen LogP contribution is 2.48. The van der Waals surface area contributed by atoms with Gasteiger partial charge in [0.2, 0.25) is 0 Å². The predicted octanol–water partition coefficient (Wildman–Crippen LogP) is 3.74. The molecule has 0 N–H and O–H groups in total. The summed E-state index contributed by atoms with van der Waals surface area (Å²) in [5.74, 6) is -1.21. The van der Waals surface area contributed by atoms with E-state index in [0.29, 0.717) is 0 Å². The average Bonchev–Trinajstić information content (AvgIpc) is 3.49. The maximum atomic E-state index is 12.8. The molecular weight excluding hydrogens is 372 g/mol. The Kier molecular flexibility index (Phi) is 6.25. The van der Waals surface area contributed by atoms with Crippen LogP contribution in [0.1, 0.15) is 59.8 Å². The van der Waals surface area contributed by atoms with E-state index in [0.717, 1.165) is 43.3 Å². The van der Waals surface area contributed by atoms with Gasteiger partial charge in [0, 0.05) is 12.8 Å². The van der Waals surface area contributed by atoms with E-state index in [-0.39, 0.29) is 47.9 Å². The van der Waals surface area contributed by atoms with E-state index >= 15 is 0 Å². The first-order valence-electron chi connectivity index (χ1n) is 10.5. The molecule has 2 heterocycles. The van der Waals surface area contributed by atoms with Crippen LogP contribution in [0.3, 0.4) is 0 Å². The van der Waals surface area contributed by atoms with Crippen LogP contribution in [0.2, 0.25) is 0 Å². The number of rotatable bonds is 6. The lowest BCUT2D eigenvalue weighted by Crippen LogP contribution is -2.30. The Morgan fingerprint density at radius 2 is 1.93 bits per heavy atom. The van der Waals surface area contributed by atoms with Crippen LogP contribution in [-0.2, 0) is 28.5 Å². The molecule has 0 aromatic carbocycles. The van der Waals surface area contributed by atoms with Gasteiger partial charge in [-0.1, -0.05) is 18.2 Å². The maximum absolute atomic E-state index is 12.8. The third kappa shape index (κ3) is 5.10. The average molecular weight is 407 g/mol. The Hall–Kier alpha value is -1.66.